The van der Waals surface area contributed by atoms with Crippen LogP contribution >= 0.6 is 23.2 Å². The van der Waals surface area contributed by atoms with E-state index in [9.17, 15) is 4.79 Å². The van der Waals surface area contributed by atoms with E-state index in [4.69, 9.17) is 23.2 Å². The minimum absolute atomic E-state index is 0.165. The Kier molecular flexibility index (Phi) is 2.60. The van der Waals surface area contributed by atoms with Gasteiger partial charge in [0, 0.05) is 32.8 Å². The number of benzene rings is 4. The third kappa shape index (κ3) is 1.67. The summed E-state index contributed by atoms with van der Waals surface area (Å²) in [5.74, 6) is 0.165. The van der Waals surface area contributed by atoms with Crippen LogP contribution in [-0.2, 0) is 6.42 Å². The van der Waals surface area contributed by atoms with Gasteiger partial charge in [-0.25, -0.2) is 0 Å². The molecule has 4 aromatic rings. The summed E-state index contributed by atoms with van der Waals surface area (Å²) in [4.78, 5) is 12.5. The average molecular weight is 337 g/mol. The number of carbonyl (C=O) groups is 1. The molecule has 1 nitrogen and oxygen atoms in total. The van der Waals surface area contributed by atoms with E-state index in [1.165, 1.54) is 0 Å². The molecule has 5 rings (SSSR count). The highest BCUT2D eigenvalue weighted by atomic mass is 35.5. The summed E-state index contributed by atoms with van der Waals surface area (Å²) in [5, 5.41) is 7.42. The molecule has 4 aromatic carbocycles. The zero-order valence-corrected chi connectivity index (χ0v) is 13.5. The summed E-state index contributed by atoms with van der Waals surface area (Å²) in [6.07, 6.45) is 0.431. The van der Waals surface area contributed by atoms with Crippen LogP contribution in [0.3, 0.4) is 0 Å². The summed E-state index contributed by atoms with van der Waals surface area (Å²) in [5.41, 5.74) is 1.84. The molecule has 0 radical (unpaired) electrons. The molecular formula is C20H10Cl2O. The lowest BCUT2D eigenvalue weighted by Crippen LogP contribution is -1.93. The third-order valence-electron chi connectivity index (χ3n) is 4.73. The Bertz CT molecular complexity index is 1180. The van der Waals surface area contributed by atoms with Crippen molar-refractivity contribution in [1.82, 2.24) is 0 Å². The molecule has 0 unspecified atom stereocenters. The predicted octanol–water partition coefficient (Wildman–Crippen LogP) is 6.19. The molecule has 0 fully saturated rings. The molecule has 0 aromatic heterocycles. The fourth-order valence-electron chi connectivity index (χ4n) is 3.78. The zero-order valence-electron chi connectivity index (χ0n) is 12.0. The molecular weight excluding hydrogens is 327 g/mol. The first-order valence-corrected chi connectivity index (χ1v) is 8.19. The number of Topliss-reactive ketones (excluding diaryl/α,β-unsaturated/α-hetero) is 1. The van der Waals surface area contributed by atoms with Crippen LogP contribution in [0.15, 0.2) is 48.5 Å². The van der Waals surface area contributed by atoms with Crippen molar-refractivity contribution in [3.63, 3.8) is 0 Å². The van der Waals surface area contributed by atoms with Crippen molar-refractivity contribution in [2.75, 3.05) is 0 Å². The van der Waals surface area contributed by atoms with Crippen molar-refractivity contribution in [2.24, 2.45) is 0 Å². The van der Waals surface area contributed by atoms with Crippen LogP contribution in [-0.4, -0.2) is 5.78 Å². The fourth-order valence-corrected chi connectivity index (χ4v) is 4.25. The van der Waals surface area contributed by atoms with Gasteiger partial charge in [0.1, 0.15) is 0 Å². The molecule has 0 aliphatic heterocycles. The van der Waals surface area contributed by atoms with E-state index < -0.39 is 0 Å². The summed E-state index contributed by atoms with van der Waals surface area (Å²) >= 11 is 12.9. The highest BCUT2D eigenvalue weighted by Gasteiger charge is 2.26. The molecule has 0 spiro atoms. The van der Waals surface area contributed by atoms with Crippen LogP contribution in [0.5, 0.6) is 0 Å². The lowest BCUT2D eigenvalue weighted by Gasteiger charge is -2.12. The van der Waals surface area contributed by atoms with E-state index in [0.717, 1.165) is 43.4 Å². The first-order chi connectivity index (χ1) is 11.1. The fraction of sp³-hybridized carbons (Fsp3) is 0.0500. The Labute approximate surface area is 142 Å². The molecule has 1 aliphatic rings. The van der Waals surface area contributed by atoms with Crippen molar-refractivity contribution in [3.05, 3.63) is 69.7 Å². The number of halogens is 2. The smallest absolute Gasteiger partial charge is 0.167 e. The molecule has 3 heteroatoms. The number of fused-ring (bicyclic) bond motifs is 4. The second-order valence-electron chi connectivity index (χ2n) is 5.98. The number of rotatable bonds is 0. The van der Waals surface area contributed by atoms with Gasteiger partial charge in [-0.3, -0.25) is 4.79 Å². The molecule has 0 atom stereocenters. The molecule has 110 valence electrons. The van der Waals surface area contributed by atoms with Gasteiger partial charge in [-0.15, -0.1) is 0 Å². The van der Waals surface area contributed by atoms with E-state index in [-0.39, 0.29) is 5.78 Å². The van der Waals surface area contributed by atoms with Crippen molar-refractivity contribution >= 4 is 61.3 Å². The summed E-state index contributed by atoms with van der Waals surface area (Å²) in [6, 6.07) is 15.8. The highest BCUT2D eigenvalue weighted by Crippen LogP contribution is 2.44. The number of hydrogen-bond donors (Lipinski definition) is 0. The Hall–Kier alpha value is -2.09. The third-order valence-corrected chi connectivity index (χ3v) is 5.38. The van der Waals surface area contributed by atoms with Crippen molar-refractivity contribution in [3.8, 4) is 0 Å². The van der Waals surface area contributed by atoms with Crippen LogP contribution in [0.25, 0.3) is 32.3 Å². The average Bonchev–Trinajstić information content (AvgIpc) is 2.87. The Morgan fingerprint density at radius 3 is 2.43 bits per heavy atom. The van der Waals surface area contributed by atoms with Crippen LogP contribution < -0.4 is 0 Å². The lowest BCUT2D eigenvalue weighted by atomic mass is 9.93. The molecule has 0 bridgehead atoms. The van der Waals surface area contributed by atoms with E-state index in [1.807, 2.05) is 42.5 Å². The van der Waals surface area contributed by atoms with E-state index in [0.29, 0.717) is 16.5 Å². The molecule has 0 N–H and O–H groups in total. The number of ketones is 1. The van der Waals surface area contributed by atoms with Crippen molar-refractivity contribution in [2.45, 2.75) is 6.42 Å². The van der Waals surface area contributed by atoms with Gasteiger partial charge in [0.2, 0.25) is 0 Å². The molecule has 0 saturated carbocycles. The van der Waals surface area contributed by atoms with Crippen LogP contribution in [0.2, 0.25) is 10.0 Å². The maximum absolute atomic E-state index is 12.5. The van der Waals surface area contributed by atoms with Crippen molar-refractivity contribution in [1.29, 1.82) is 0 Å². The minimum atomic E-state index is 0.165. The first kappa shape index (κ1) is 13.4. The van der Waals surface area contributed by atoms with Gasteiger partial charge in [0.15, 0.2) is 5.78 Å². The highest BCUT2D eigenvalue weighted by molar-refractivity contribution is 6.44. The standard InChI is InChI=1S/C20H10Cl2O/c21-15-5-6-16(22)19-13(15)8-11-9-17(23)14-7-10-3-1-2-4-12(10)20(19)18(11)14/h1-8H,9H2. The van der Waals surface area contributed by atoms with E-state index >= 15 is 0 Å². The second-order valence-corrected chi connectivity index (χ2v) is 6.80. The monoisotopic (exact) mass is 336 g/mol. The van der Waals surface area contributed by atoms with E-state index in [1.54, 1.807) is 0 Å². The van der Waals surface area contributed by atoms with Gasteiger partial charge in [0.05, 0.1) is 0 Å². The molecule has 1 aliphatic carbocycles. The van der Waals surface area contributed by atoms with Gasteiger partial charge >= 0.3 is 0 Å². The predicted molar refractivity (Wildman–Crippen MR) is 97.0 cm³/mol. The van der Waals surface area contributed by atoms with Gasteiger partial charge in [-0.2, -0.15) is 0 Å². The number of hydrogen-bond acceptors (Lipinski definition) is 1. The van der Waals surface area contributed by atoms with Crippen molar-refractivity contribution < 1.29 is 4.79 Å². The van der Waals surface area contributed by atoms with Gasteiger partial charge in [-0.1, -0.05) is 47.5 Å². The molecule has 0 heterocycles. The Morgan fingerprint density at radius 2 is 1.57 bits per heavy atom. The minimum Gasteiger partial charge on any atom is -0.294 e. The van der Waals surface area contributed by atoms with Crippen LogP contribution in [0.1, 0.15) is 15.9 Å². The quantitative estimate of drug-likeness (QED) is 0.350. The first-order valence-electron chi connectivity index (χ1n) is 7.43. The van der Waals surface area contributed by atoms with Gasteiger partial charge in [-0.05, 0) is 51.4 Å². The Balaban J connectivity index is 2.22. The Morgan fingerprint density at radius 1 is 0.783 bits per heavy atom. The SMILES string of the molecule is O=C1Cc2cc3c(Cl)ccc(Cl)c3c3c2c1cc1ccccc13. The summed E-state index contributed by atoms with van der Waals surface area (Å²) in [7, 11) is 0. The topological polar surface area (TPSA) is 17.1 Å². The number of carbonyl (C=O) groups excluding carboxylic acids is 1. The summed E-state index contributed by atoms with van der Waals surface area (Å²) in [6.45, 7) is 0. The second kappa shape index (κ2) is 4.47. The van der Waals surface area contributed by atoms with E-state index in [2.05, 4.69) is 6.07 Å². The maximum atomic E-state index is 12.5. The molecule has 0 saturated heterocycles. The largest absolute Gasteiger partial charge is 0.294 e. The zero-order chi connectivity index (χ0) is 15.7. The lowest BCUT2D eigenvalue weighted by molar-refractivity contribution is 0.1000. The van der Waals surface area contributed by atoms with Gasteiger partial charge < -0.3 is 0 Å². The van der Waals surface area contributed by atoms with Gasteiger partial charge in [0.25, 0.3) is 0 Å². The molecule has 23 heavy (non-hydrogen) atoms. The maximum Gasteiger partial charge on any atom is 0.167 e. The summed E-state index contributed by atoms with van der Waals surface area (Å²) < 4.78 is 0. The van der Waals surface area contributed by atoms with Crippen LogP contribution in [0.4, 0.5) is 0 Å². The molecule has 0 amide bonds. The normalized spacial score (nSPS) is 13.6. The van der Waals surface area contributed by atoms with Crippen LogP contribution in [0, 0.1) is 0 Å².